The monoisotopic (exact) mass is 234 g/mol. The molecule has 0 aliphatic rings. The van der Waals surface area contributed by atoms with E-state index in [0.717, 1.165) is 18.8 Å². The van der Waals surface area contributed by atoms with E-state index in [0.29, 0.717) is 5.88 Å². The van der Waals surface area contributed by atoms with Gasteiger partial charge < -0.3 is 4.57 Å². The van der Waals surface area contributed by atoms with Gasteiger partial charge in [0.05, 0.1) is 5.88 Å². The molecule has 2 rings (SSSR count). The molecule has 2 nitrogen and oxygen atoms in total. The van der Waals surface area contributed by atoms with Gasteiger partial charge in [-0.1, -0.05) is 31.2 Å². The normalized spacial score (nSPS) is 10.6. The molecule has 0 N–H and O–H groups in total. The molecule has 0 saturated carbocycles. The quantitative estimate of drug-likeness (QED) is 0.743. The maximum absolute atomic E-state index is 5.80. The minimum absolute atomic E-state index is 0.458. The molecule has 0 unspecified atom stereocenters. The molecule has 0 amide bonds. The van der Waals surface area contributed by atoms with Crippen LogP contribution in [0.25, 0.3) is 0 Å². The summed E-state index contributed by atoms with van der Waals surface area (Å²) < 4.78 is 2.08. The number of halogens is 1. The van der Waals surface area contributed by atoms with Crippen LogP contribution >= 0.6 is 11.6 Å². The summed E-state index contributed by atoms with van der Waals surface area (Å²) >= 11 is 5.80. The molecule has 1 aromatic heterocycles. The number of hydrogen-bond acceptors (Lipinski definition) is 1. The third-order valence-corrected chi connectivity index (χ3v) is 2.94. The Labute approximate surface area is 101 Å². The number of aryl methyl sites for hydroxylation is 1. The van der Waals surface area contributed by atoms with Crippen molar-refractivity contribution < 1.29 is 0 Å². The van der Waals surface area contributed by atoms with Crippen molar-refractivity contribution in [3.63, 3.8) is 0 Å². The summed E-state index contributed by atoms with van der Waals surface area (Å²) in [4.78, 5) is 4.20. The highest BCUT2D eigenvalue weighted by Crippen LogP contribution is 2.09. The third kappa shape index (κ3) is 2.45. The van der Waals surface area contributed by atoms with Gasteiger partial charge in [0.1, 0.15) is 5.82 Å². The van der Waals surface area contributed by atoms with E-state index in [-0.39, 0.29) is 0 Å². The van der Waals surface area contributed by atoms with Gasteiger partial charge >= 0.3 is 0 Å². The number of hydrogen-bond donors (Lipinski definition) is 0. The Morgan fingerprint density at radius 2 is 1.88 bits per heavy atom. The number of aromatic nitrogens is 2. The SMILES string of the molecule is CCc1ccc(Cn2ccnc2CCl)cc1. The van der Waals surface area contributed by atoms with Gasteiger partial charge in [-0.2, -0.15) is 0 Å². The van der Waals surface area contributed by atoms with E-state index in [2.05, 4.69) is 40.7 Å². The molecule has 0 spiro atoms. The standard InChI is InChI=1S/C13H15ClN2/c1-2-11-3-5-12(6-4-11)10-16-8-7-15-13(16)9-14/h3-8H,2,9-10H2,1H3. The second kappa shape index (κ2) is 5.17. The first-order valence-electron chi connectivity index (χ1n) is 5.47. The molecule has 0 radical (unpaired) electrons. The molecule has 3 heteroatoms. The highest BCUT2D eigenvalue weighted by Gasteiger charge is 2.01. The molecule has 16 heavy (non-hydrogen) atoms. The summed E-state index contributed by atoms with van der Waals surface area (Å²) in [5.41, 5.74) is 2.65. The number of alkyl halides is 1. The highest BCUT2D eigenvalue weighted by atomic mass is 35.5. The zero-order valence-corrected chi connectivity index (χ0v) is 10.1. The van der Waals surface area contributed by atoms with Gasteiger partial charge in [0.2, 0.25) is 0 Å². The summed E-state index contributed by atoms with van der Waals surface area (Å²) in [7, 11) is 0. The summed E-state index contributed by atoms with van der Waals surface area (Å²) in [5.74, 6) is 1.38. The summed E-state index contributed by atoms with van der Waals surface area (Å²) in [5, 5.41) is 0. The molecular formula is C13H15ClN2. The van der Waals surface area contributed by atoms with Crippen LogP contribution in [0.4, 0.5) is 0 Å². The fourth-order valence-corrected chi connectivity index (χ4v) is 1.91. The van der Waals surface area contributed by atoms with Crippen LogP contribution in [-0.2, 0) is 18.8 Å². The maximum atomic E-state index is 5.80. The van der Waals surface area contributed by atoms with Crippen LogP contribution in [0.3, 0.4) is 0 Å². The van der Waals surface area contributed by atoms with E-state index >= 15 is 0 Å². The van der Waals surface area contributed by atoms with Crippen molar-refractivity contribution >= 4 is 11.6 Å². The van der Waals surface area contributed by atoms with Crippen LogP contribution in [0.2, 0.25) is 0 Å². The Bertz CT molecular complexity index is 445. The number of benzene rings is 1. The third-order valence-electron chi connectivity index (χ3n) is 2.71. The number of imidazole rings is 1. The zero-order chi connectivity index (χ0) is 11.4. The van der Waals surface area contributed by atoms with E-state index in [1.54, 1.807) is 6.20 Å². The Hall–Kier alpha value is -1.28. The Morgan fingerprint density at radius 1 is 1.19 bits per heavy atom. The average molecular weight is 235 g/mol. The van der Waals surface area contributed by atoms with Crippen molar-refractivity contribution in [2.24, 2.45) is 0 Å². The molecule has 0 fully saturated rings. The fraction of sp³-hybridized carbons (Fsp3) is 0.308. The Morgan fingerprint density at radius 3 is 2.50 bits per heavy atom. The van der Waals surface area contributed by atoms with Gasteiger partial charge in [-0.25, -0.2) is 4.98 Å². The molecular weight excluding hydrogens is 220 g/mol. The lowest BCUT2D eigenvalue weighted by Gasteiger charge is -2.06. The van der Waals surface area contributed by atoms with Gasteiger partial charge in [0.15, 0.2) is 0 Å². The predicted molar refractivity (Wildman–Crippen MR) is 66.7 cm³/mol. The summed E-state index contributed by atoms with van der Waals surface area (Å²) in [6.07, 6.45) is 4.84. The van der Waals surface area contributed by atoms with Crippen LogP contribution in [0.15, 0.2) is 36.7 Å². The molecule has 0 atom stereocenters. The first-order chi connectivity index (χ1) is 7.83. The van der Waals surface area contributed by atoms with E-state index in [4.69, 9.17) is 11.6 Å². The van der Waals surface area contributed by atoms with Gasteiger partial charge in [-0.15, -0.1) is 11.6 Å². The fourth-order valence-electron chi connectivity index (χ4n) is 1.69. The molecule has 0 saturated heterocycles. The van der Waals surface area contributed by atoms with Crippen molar-refractivity contribution in [2.45, 2.75) is 25.8 Å². The van der Waals surface area contributed by atoms with Crippen LogP contribution in [0.1, 0.15) is 23.9 Å². The average Bonchev–Trinajstić information content (AvgIpc) is 2.77. The Balaban J connectivity index is 2.14. The summed E-state index contributed by atoms with van der Waals surface area (Å²) in [6, 6.07) is 8.67. The predicted octanol–water partition coefficient (Wildman–Crippen LogP) is 3.23. The van der Waals surface area contributed by atoms with Gasteiger partial charge in [0, 0.05) is 18.9 Å². The smallest absolute Gasteiger partial charge is 0.123 e. The molecule has 0 bridgehead atoms. The summed E-state index contributed by atoms with van der Waals surface area (Å²) in [6.45, 7) is 3.00. The van der Waals surface area contributed by atoms with Crippen LogP contribution < -0.4 is 0 Å². The highest BCUT2D eigenvalue weighted by molar-refractivity contribution is 6.16. The van der Waals surface area contributed by atoms with Gasteiger partial charge in [-0.3, -0.25) is 0 Å². The zero-order valence-electron chi connectivity index (χ0n) is 9.36. The van der Waals surface area contributed by atoms with Crippen LogP contribution in [-0.4, -0.2) is 9.55 Å². The molecule has 2 aromatic rings. The second-order valence-corrected chi connectivity index (χ2v) is 4.04. The van der Waals surface area contributed by atoms with Crippen molar-refractivity contribution in [1.82, 2.24) is 9.55 Å². The van der Waals surface area contributed by atoms with Crippen LogP contribution in [0, 0.1) is 0 Å². The van der Waals surface area contributed by atoms with Gasteiger partial charge in [-0.05, 0) is 17.5 Å². The maximum Gasteiger partial charge on any atom is 0.123 e. The largest absolute Gasteiger partial charge is 0.330 e. The van der Waals surface area contributed by atoms with Crippen molar-refractivity contribution in [3.05, 3.63) is 53.6 Å². The lowest BCUT2D eigenvalue weighted by Crippen LogP contribution is -2.02. The first-order valence-corrected chi connectivity index (χ1v) is 6.00. The molecule has 0 aliphatic heterocycles. The lowest BCUT2D eigenvalue weighted by molar-refractivity contribution is 0.754. The topological polar surface area (TPSA) is 17.8 Å². The molecule has 84 valence electrons. The van der Waals surface area contributed by atoms with Crippen molar-refractivity contribution in [2.75, 3.05) is 0 Å². The molecule has 0 aliphatic carbocycles. The molecule has 1 heterocycles. The minimum Gasteiger partial charge on any atom is -0.330 e. The Kier molecular flexibility index (Phi) is 3.62. The van der Waals surface area contributed by atoms with E-state index < -0.39 is 0 Å². The lowest BCUT2D eigenvalue weighted by atomic mass is 10.1. The second-order valence-electron chi connectivity index (χ2n) is 3.78. The molecule has 1 aromatic carbocycles. The first kappa shape index (κ1) is 11.2. The van der Waals surface area contributed by atoms with Gasteiger partial charge in [0.25, 0.3) is 0 Å². The van der Waals surface area contributed by atoms with E-state index in [1.165, 1.54) is 11.1 Å². The van der Waals surface area contributed by atoms with E-state index in [1.807, 2.05) is 6.20 Å². The van der Waals surface area contributed by atoms with Crippen LogP contribution in [0.5, 0.6) is 0 Å². The number of nitrogens with zero attached hydrogens (tertiary/aromatic N) is 2. The number of rotatable bonds is 4. The van der Waals surface area contributed by atoms with E-state index in [9.17, 15) is 0 Å². The van der Waals surface area contributed by atoms with Crippen molar-refractivity contribution in [3.8, 4) is 0 Å². The minimum atomic E-state index is 0.458. The van der Waals surface area contributed by atoms with Crippen molar-refractivity contribution in [1.29, 1.82) is 0 Å².